The second-order valence-corrected chi connectivity index (χ2v) is 5.19. The Labute approximate surface area is 86.3 Å². The van der Waals surface area contributed by atoms with Crippen molar-refractivity contribution >= 4 is 10.2 Å². The smallest absolute Gasteiger partial charge is 0.279 e. The van der Waals surface area contributed by atoms with Crippen LogP contribution in [-0.4, -0.2) is 44.1 Å². The third kappa shape index (κ3) is 4.90. The van der Waals surface area contributed by atoms with Gasteiger partial charge in [-0.2, -0.15) is 17.4 Å². The van der Waals surface area contributed by atoms with Gasteiger partial charge in [-0.3, -0.25) is 0 Å². The summed E-state index contributed by atoms with van der Waals surface area (Å²) in [5, 5.41) is 8.71. The summed E-state index contributed by atoms with van der Waals surface area (Å²) in [5.74, 6) is 0. The SMILES string of the molecule is CCCCN(C)S(=O)(=O)N[C@@H](C)CO. The quantitative estimate of drug-likeness (QED) is 0.636. The molecule has 6 heteroatoms. The van der Waals surface area contributed by atoms with Gasteiger partial charge >= 0.3 is 0 Å². The first kappa shape index (κ1) is 13.8. The van der Waals surface area contributed by atoms with E-state index in [1.165, 1.54) is 11.4 Å². The monoisotopic (exact) mass is 224 g/mol. The molecule has 86 valence electrons. The van der Waals surface area contributed by atoms with Gasteiger partial charge in [0, 0.05) is 19.6 Å². The van der Waals surface area contributed by atoms with Crippen LogP contribution >= 0.6 is 0 Å². The molecule has 14 heavy (non-hydrogen) atoms. The molecule has 0 heterocycles. The van der Waals surface area contributed by atoms with E-state index in [1.54, 1.807) is 6.92 Å². The van der Waals surface area contributed by atoms with Crippen LogP contribution in [0, 0.1) is 0 Å². The summed E-state index contributed by atoms with van der Waals surface area (Å²) < 4.78 is 26.6. The van der Waals surface area contributed by atoms with E-state index in [4.69, 9.17) is 5.11 Å². The molecule has 0 spiro atoms. The maximum absolute atomic E-state index is 11.5. The van der Waals surface area contributed by atoms with E-state index in [9.17, 15) is 8.42 Å². The van der Waals surface area contributed by atoms with E-state index in [2.05, 4.69) is 4.72 Å². The number of hydrogen-bond donors (Lipinski definition) is 2. The Hall–Kier alpha value is -0.170. The molecule has 0 aliphatic carbocycles. The Morgan fingerprint density at radius 2 is 2.07 bits per heavy atom. The van der Waals surface area contributed by atoms with Crippen molar-refractivity contribution in [3.8, 4) is 0 Å². The maximum Gasteiger partial charge on any atom is 0.279 e. The zero-order valence-electron chi connectivity index (χ0n) is 9.02. The summed E-state index contributed by atoms with van der Waals surface area (Å²) in [6, 6.07) is -0.441. The predicted molar refractivity (Wildman–Crippen MR) is 56.1 cm³/mol. The first-order valence-corrected chi connectivity index (χ1v) is 6.22. The lowest BCUT2D eigenvalue weighted by molar-refractivity contribution is 0.263. The maximum atomic E-state index is 11.5. The van der Waals surface area contributed by atoms with E-state index in [-0.39, 0.29) is 6.61 Å². The largest absolute Gasteiger partial charge is 0.395 e. The molecule has 0 saturated heterocycles. The van der Waals surface area contributed by atoms with Crippen LogP contribution in [0.25, 0.3) is 0 Å². The summed E-state index contributed by atoms with van der Waals surface area (Å²) in [6.07, 6.45) is 1.79. The Morgan fingerprint density at radius 3 is 2.50 bits per heavy atom. The predicted octanol–water partition coefficient (Wildman–Crippen LogP) is -0.0665. The lowest BCUT2D eigenvalue weighted by Gasteiger charge is -2.19. The van der Waals surface area contributed by atoms with Gasteiger partial charge in [0.15, 0.2) is 0 Å². The minimum absolute atomic E-state index is 0.194. The average molecular weight is 224 g/mol. The average Bonchev–Trinajstić information content (AvgIpc) is 2.13. The van der Waals surface area contributed by atoms with Crippen molar-refractivity contribution in [2.45, 2.75) is 32.7 Å². The van der Waals surface area contributed by atoms with Crippen LogP contribution in [0.2, 0.25) is 0 Å². The van der Waals surface area contributed by atoms with Gasteiger partial charge in [0.2, 0.25) is 0 Å². The third-order valence-electron chi connectivity index (χ3n) is 1.86. The van der Waals surface area contributed by atoms with E-state index in [0.29, 0.717) is 6.54 Å². The molecule has 0 radical (unpaired) electrons. The Kier molecular flexibility index (Phi) is 6.26. The van der Waals surface area contributed by atoms with Crippen molar-refractivity contribution in [1.82, 2.24) is 9.03 Å². The molecule has 0 saturated carbocycles. The minimum atomic E-state index is -3.42. The van der Waals surface area contributed by atoms with Gasteiger partial charge in [0.25, 0.3) is 10.2 Å². The molecule has 0 aromatic carbocycles. The minimum Gasteiger partial charge on any atom is -0.395 e. The molecular weight excluding hydrogens is 204 g/mol. The zero-order chi connectivity index (χ0) is 11.2. The van der Waals surface area contributed by atoms with Gasteiger partial charge in [-0.15, -0.1) is 0 Å². The number of hydrogen-bond acceptors (Lipinski definition) is 3. The van der Waals surface area contributed by atoms with Crippen molar-refractivity contribution in [3.63, 3.8) is 0 Å². The van der Waals surface area contributed by atoms with E-state index in [0.717, 1.165) is 12.8 Å². The lowest BCUT2D eigenvalue weighted by atomic mass is 10.3. The lowest BCUT2D eigenvalue weighted by Crippen LogP contribution is -2.44. The zero-order valence-corrected chi connectivity index (χ0v) is 9.84. The molecule has 5 nitrogen and oxygen atoms in total. The van der Waals surface area contributed by atoms with Gasteiger partial charge in [0.05, 0.1) is 6.61 Å². The topological polar surface area (TPSA) is 69.6 Å². The van der Waals surface area contributed by atoms with Gasteiger partial charge in [0.1, 0.15) is 0 Å². The highest BCUT2D eigenvalue weighted by Crippen LogP contribution is 1.99. The second-order valence-electron chi connectivity index (χ2n) is 3.38. The fourth-order valence-corrected chi connectivity index (χ4v) is 2.01. The van der Waals surface area contributed by atoms with E-state index < -0.39 is 16.3 Å². The van der Waals surface area contributed by atoms with Crippen molar-refractivity contribution in [2.24, 2.45) is 0 Å². The standard InChI is InChI=1S/C8H20N2O3S/c1-4-5-6-10(3)14(12,13)9-8(2)7-11/h8-9,11H,4-7H2,1-3H3/t8-/m0/s1. The first-order chi connectivity index (χ1) is 6.44. The molecule has 0 aromatic rings. The molecule has 0 unspecified atom stereocenters. The highest BCUT2D eigenvalue weighted by atomic mass is 32.2. The Bertz CT molecular complexity index is 241. The van der Waals surface area contributed by atoms with Crippen LogP contribution in [-0.2, 0) is 10.2 Å². The van der Waals surface area contributed by atoms with Crippen molar-refractivity contribution in [1.29, 1.82) is 0 Å². The van der Waals surface area contributed by atoms with Crippen LogP contribution in [0.15, 0.2) is 0 Å². The molecule has 0 bridgehead atoms. The molecule has 0 rings (SSSR count). The van der Waals surface area contributed by atoms with Crippen LogP contribution in [0.3, 0.4) is 0 Å². The number of nitrogens with zero attached hydrogens (tertiary/aromatic N) is 1. The number of aliphatic hydroxyl groups excluding tert-OH is 1. The molecule has 0 amide bonds. The van der Waals surface area contributed by atoms with E-state index in [1.807, 2.05) is 6.92 Å². The Morgan fingerprint density at radius 1 is 1.50 bits per heavy atom. The molecule has 0 aliphatic rings. The van der Waals surface area contributed by atoms with Gasteiger partial charge in [-0.1, -0.05) is 13.3 Å². The van der Waals surface area contributed by atoms with E-state index >= 15 is 0 Å². The van der Waals surface area contributed by atoms with Crippen LogP contribution in [0.1, 0.15) is 26.7 Å². The number of rotatable bonds is 7. The molecule has 1 atom stereocenters. The molecule has 0 aliphatic heterocycles. The van der Waals surface area contributed by atoms with Crippen LogP contribution in [0.4, 0.5) is 0 Å². The highest BCUT2D eigenvalue weighted by molar-refractivity contribution is 7.87. The summed E-state index contributed by atoms with van der Waals surface area (Å²) in [4.78, 5) is 0. The summed E-state index contributed by atoms with van der Waals surface area (Å²) in [5.41, 5.74) is 0. The van der Waals surface area contributed by atoms with Gasteiger partial charge in [-0.05, 0) is 13.3 Å². The highest BCUT2D eigenvalue weighted by Gasteiger charge is 2.18. The first-order valence-electron chi connectivity index (χ1n) is 4.78. The number of nitrogens with one attached hydrogen (secondary N) is 1. The number of unbranched alkanes of at least 4 members (excludes halogenated alkanes) is 1. The van der Waals surface area contributed by atoms with Crippen LogP contribution in [0.5, 0.6) is 0 Å². The molecular formula is C8H20N2O3S. The molecule has 2 N–H and O–H groups in total. The fourth-order valence-electron chi connectivity index (χ4n) is 0.882. The number of aliphatic hydroxyl groups is 1. The van der Waals surface area contributed by atoms with Crippen molar-refractivity contribution in [2.75, 3.05) is 20.2 Å². The molecule has 0 aromatic heterocycles. The summed E-state index contributed by atoms with van der Waals surface area (Å²) >= 11 is 0. The summed E-state index contributed by atoms with van der Waals surface area (Å²) in [7, 11) is -1.89. The normalized spacial score (nSPS) is 14.6. The van der Waals surface area contributed by atoms with Crippen molar-refractivity contribution in [3.05, 3.63) is 0 Å². The van der Waals surface area contributed by atoms with Gasteiger partial charge < -0.3 is 5.11 Å². The molecule has 0 fully saturated rings. The summed E-state index contributed by atoms with van der Waals surface area (Å²) in [6.45, 7) is 3.93. The third-order valence-corrected chi connectivity index (χ3v) is 3.56. The van der Waals surface area contributed by atoms with Gasteiger partial charge in [-0.25, -0.2) is 0 Å². The Balaban J connectivity index is 4.17. The van der Waals surface area contributed by atoms with Crippen molar-refractivity contribution < 1.29 is 13.5 Å². The fraction of sp³-hybridized carbons (Fsp3) is 1.00. The second kappa shape index (κ2) is 6.34. The van der Waals surface area contributed by atoms with Crippen LogP contribution < -0.4 is 4.72 Å².